The Bertz CT molecular complexity index is 1100. The molecule has 1 amide bonds. The van der Waals surface area contributed by atoms with E-state index in [2.05, 4.69) is 15.5 Å². The summed E-state index contributed by atoms with van der Waals surface area (Å²) in [5.41, 5.74) is 2.77. The predicted octanol–water partition coefficient (Wildman–Crippen LogP) is 0.267. The van der Waals surface area contributed by atoms with Gasteiger partial charge in [0.25, 0.3) is 0 Å². The summed E-state index contributed by atoms with van der Waals surface area (Å²) in [7, 11) is 0. The maximum Gasteiger partial charge on any atom is 0.238 e. The number of aliphatic hydroxyl groups excluding tert-OH is 5. The Labute approximate surface area is 227 Å². The summed E-state index contributed by atoms with van der Waals surface area (Å²) in [5, 5.41) is 59.3. The molecule has 2 aromatic rings. The number of carbonyl (C=O) groups is 1. The van der Waals surface area contributed by atoms with Crippen LogP contribution in [0.15, 0.2) is 18.2 Å². The lowest BCUT2D eigenvalue weighted by Crippen LogP contribution is -2.60. The molecule has 1 saturated heterocycles. The number of H-pyrrole nitrogens is 1. The van der Waals surface area contributed by atoms with Gasteiger partial charge < -0.3 is 45.1 Å². The van der Waals surface area contributed by atoms with Crippen LogP contribution in [0, 0.1) is 6.92 Å². The van der Waals surface area contributed by atoms with Gasteiger partial charge in [0.15, 0.2) is 0 Å². The van der Waals surface area contributed by atoms with Gasteiger partial charge in [-0.25, -0.2) is 0 Å². The molecule has 0 unspecified atom stereocenters. The number of hydrogen-bond acceptors (Lipinski definition) is 10. The van der Waals surface area contributed by atoms with Gasteiger partial charge in [0.1, 0.15) is 30.2 Å². The van der Waals surface area contributed by atoms with Gasteiger partial charge in [-0.15, -0.1) is 5.10 Å². The van der Waals surface area contributed by atoms with Crippen LogP contribution in [0.3, 0.4) is 0 Å². The molecule has 3 rings (SSSR count). The molecule has 39 heavy (non-hydrogen) atoms. The van der Waals surface area contributed by atoms with Crippen LogP contribution < -0.4 is 14.8 Å². The zero-order valence-corrected chi connectivity index (χ0v) is 23.0. The van der Waals surface area contributed by atoms with Gasteiger partial charge in [-0.2, -0.15) is 0 Å². The molecule has 1 aromatic heterocycles. The predicted molar refractivity (Wildman–Crippen MR) is 140 cm³/mol. The van der Waals surface area contributed by atoms with Gasteiger partial charge in [-0.3, -0.25) is 9.89 Å². The molecule has 7 N–H and O–H groups in total. The molecule has 0 radical (unpaired) electrons. The fraction of sp³-hybridized carbons (Fsp3) is 0.630. The Balaban J connectivity index is 1.71. The van der Waals surface area contributed by atoms with E-state index in [9.17, 15) is 30.3 Å². The number of aromatic nitrogens is 2. The molecular formula is C27H41N3O9. The lowest BCUT2D eigenvalue weighted by atomic mass is 9.96. The van der Waals surface area contributed by atoms with Crippen LogP contribution in [0.2, 0.25) is 0 Å². The van der Waals surface area contributed by atoms with E-state index in [1.807, 2.05) is 39.0 Å². The minimum absolute atomic E-state index is 0.0736. The van der Waals surface area contributed by atoms with Crippen LogP contribution in [0.1, 0.15) is 62.4 Å². The standard InChI is InChI=1S/C27H41N3O9/c1-14(2)21-18(25(30-29-21)39-26-24(36)23(35)22(34)19(12-31)38-26)11-16-6-7-17(10-15(16)3)37-9-8-20(33)28-27(4,5)13-32/h6-7,10,14,19,22-24,26,31-32,34-36H,8-9,11-13H2,1-5H3,(H,28,33)(H,29,30)/t19-,22-,23+,24-,26+/m1/s1. The fourth-order valence-corrected chi connectivity index (χ4v) is 4.27. The SMILES string of the molecule is Cc1cc(OCCC(=O)NC(C)(C)CO)ccc1Cc1c(O[C@@H]2O[C@H](CO)[C@@H](O)[C@H](O)[C@H]2O)n[nH]c1C(C)C. The first-order valence-corrected chi connectivity index (χ1v) is 13.0. The zero-order valence-electron chi connectivity index (χ0n) is 23.0. The van der Waals surface area contributed by atoms with E-state index in [1.54, 1.807) is 13.8 Å². The highest BCUT2D eigenvalue weighted by atomic mass is 16.7. The van der Waals surface area contributed by atoms with Crippen LogP contribution in [-0.2, 0) is 16.0 Å². The van der Waals surface area contributed by atoms with Crippen LogP contribution in [0.4, 0.5) is 0 Å². The first-order valence-electron chi connectivity index (χ1n) is 13.0. The average Bonchev–Trinajstić information content (AvgIpc) is 3.27. The molecule has 12 heteroatoms. The smallest absolute Gasteiger partial charge is 0.238 e. The minimum Gasteiger partial charge on any atom is -0.493 e. The molecule has 218 valence electrons. The summed E-state index contributed by atoms with van der Waals surface area (Å²) >= 11 is 0. The van der Waals surface area contributed by atoms with Crippen molar-refractivity contribution in [1.29, 1.82) is 0 Å². The number of carbonyl (C=O) groups excluding carboxylic acids is 1. The van der Waals surface area contributed by atoms with Crippen molar-refractivity contribution in [3.8, 4) is 11.6 Å². The van der Waals surface area contributed by atoms with Crippen molar-refractivity contribution >= 4 is 5.91 Å². The molecule has 1 fully saturated rings. The molecule has 5 atom stereocenters. The molecule has 1 aliphatic rings. The summed E-state index contributed by atoms with van der Waals surface area (Å²) in [5.74, 6) is 0.652. The number of nitrogens with one attached hydrogen (secondary N) is 2. The largest absolute Gasteiger partial charge is 0.493 e. The number of aromatic amines is 1. The van der Waals surface area contributed by atoms with Gasteiger partial charge in [-0.05, 0) is 49.9 Å². The van der Waals surface area contributed by atoms with Gasteiger partial charge in [0.2, 0.25) is 18.1 Å². The first kappa shape index (κ1) is 30.8. The summed E-state index contributed by atoms with van der Waals surface area (Å²) < 4.78 is 17.1. The molecular weight excluding hydrogens is 510 g/mol. The number of amides is 1. The van der Waals surface area contributed by atoms with Gasteiger partial charge in [-0.1, -0.05) is 19.9 Å². The summed E-state index contributed by atoms with van der Waals surface area (Å²) in [6, 6.07) is 5.59. The van der Waals surface area contributed by atoms with Gasteiger partial charge in [0, 0.05) is 17.7 Å². The normalized spacial score (nSPS) is 23.6. The molecule has 2 heterocycles. The average molecular weight is 552 g/mol. The molecule has 0 bridgehead atoms. The molecule has 0 spiro atoms. The quantitative estimate of drug-likeness (QED) is 0.193. The fourth-order valence-electron chi connectivity index (χ4n) is 4.27. The molecule has 1 aromatic carbocycles. The highest BCUT2D eigenvalue weighted by molar-refractivity contribution is 5.76. The van der Waals surface area contributed by atoms with E-state index in [4.69, 9.17) is 14.2 Å². The minimum atomic E-state index is -1.56. The third-order valence-corrected chi connectivity index (χ3v) is 6.67. The summed E-state index contributed by atoms with van der Waals surface area (Å²) in [6.07, 6.45) is -6.46. The van der Waals surface area contributed by atoms with Crippen molar-refractivity contribution < 1.29 is 44.5 Å². The second-order valence-corrected chi connectivity index (χ2v) is 10.8. The molecule has 0 aliphatic carbocycles. The number of ether oxygens (including phenoxy) is 3. The number of benzene rings is 1. The van der Waals surface area contributed by atoms with Crippen LogP contribution in [0.25, 0.3) is 0 Å². The monoisotopic (exact) mass is 551 g/mol. The highest BCUT2D eigenvalue weighted by Crippen LogP contribution is 2.32. The van der Waals surface area contributed by atoms with Gasteiger partial charge >= 0.3 is 0 Å². The second-order valence-electron chi connectivity index (χ2n) is 10.8. The third-order valence-electron chi connectivity index (χ3n) is 6.67. The Hall–Kier alpha value is -2.74. The van der Waals surface area contributed by atoms with Crippen molar-refractivity contribution in [2.45, 2.75) is 89.6 Å². The first-order chi connectivity index (χ1) is 18.4. The van der Waals surface area contributed by atoms with Gasteiger partial charge in [0.05, 0.1) is 31.8 Å². The van der Waals surface area contributed by atoms with E-state index in [0.717, 1.165) is 22.4 Å². The lowest BCUT2D eigenvalue weighted by Gasteiger charge is -2.39. The Morgan fingerprint density at radius 1 is 1.18 bits per heavy atom. The van der Waals surface area contributed by atoms with E-state index < -0.39 is 42.9 Å². The van der Waals surface area contributed by atoms with Crippen LogP contribution in [0.5, 0.6) is 11.6 Å². The maximum atomic E-state index is 12.1. The Morgan fingerprint density at radius 3 is 2.51 bits per heavy atom. The molecule has 12 nitrogen and oxygen atoms in total. The Morgan fingerprint density at radius 2 is 1.90 bits per heavy atom. The van der Waals surface area contributed by atoms with Crippen molar-refractivity contribution in [2.75, 3.05) is 19.8 Å². The van der Waals surface area contributed by atoms with Crippen molar-refractivity contribution in [3.05, 3.63) is 40.6 Å². The number of nitrogens with zero attached hydrogens (tertiary/aromatic N) is 1. The zero-order chi connectivity index (χ0) is 28.9. The van der Waals surface area contributed by atoms with E-state index in [1.165, 1.54) is 0 Å². The maximum absolute atomic E-state index is 12.1. The van der Waals surface area contributed by atoms with E-state index in [0.29, 0.717) is 12.2 Å². The van der Waals surface area contributed by atoms with E-state index >= 15 is 0 Å². The number of rotatable bonds is 12. The number of aryl methyl sites for hydroxylation is 1. The topological polar surface area (TPSA) is 187 Å². The van der Waals surface area contributed by atoms with Crippen molar-refractivity contribution in [3.63, 3.8) is 0 Å². The second kappa shape index (κ2) is 13.1. The Kier molecular flexibility index (Phi) is 10.3. The highest BCUT2D eigenvalue weighted by Gasteiger charge is 2.45. The van der Waals surface area contributed by atoms with Crippen LogP contribution >= 0.6 is 0 Å². The third kappa shape index (κ3) is 7.68. The van der Waals surface area contributed by atoms with Crippen molar-refractivity contribution in [1.82, 2.24) is 15.5 Å². The number of hydrogen-bond donors (Lipinski definition) is 7. The lowest BCUT2D eigenvalue weighted by molar-refractivity contribution is -0.278. The number of aliphatic hydroxyl groups is 5. The molecule has 1 aliphatic heterocycles. The summed E-state index contributed by atoms with van der Waals surface area (Å²) in [6.45, 7) is 8.86. The van der Waals surface area contributed by atoms with E-state index in [-0.39, 0.29) is 37.3 Å². The van der Waals surface area contributed by atoms with Crippen molar-refractivity contribution in [2.24, 2.45) is 0 Å². The molecule has 0 saturated carbocycles. The summed E-state index contributed by atoms with van der Waals surface area (Å²) in [4.78, 5) is 12.1. The van der Waals surface area contributed by atoms with Crippen LogP contribution in [-0.4, -0.2) is 97.7 Å².